The third-order valence-corrected chi connectivity index (χ3v) is 4.08. The molecular formula is C21H24N4O3. The van der Waals surface area contributed by atoms with E-state index in [1.807, 2.05) is 56.3 Å². The predicted molar refractivity (Wildman–Crippen MR) is 109 cm³/mol. The molecule has 0 bridgehead atoms. The highest BCUT2D eigenvalue weighted by Crippen LogP contribution is 2.27. The Hall–Kier alpha value is -3.03. The summed E-state index contributed by atoms with van der Waals surface area (Å²) >= 11 is 0. The molecule has 146 valence electrons. The van der Waals surface area contributed by atoms with Crippen LogP contribution in [0.1, 0.15) is 37.9 Å². The second-order valence-electron chi connectivity index (χ2n) is 6.06. The normalized spacial score (nSPS) is 11.1. The summed E-state index contributed by atoms with van der Waals surface area (Å²) in [5, 5.41) is 15.0. The fourth-order valence-electron chi connectivity index (χ4n) is 2.77. The van der Waals surface area contributed by atoms with Crippen molar-refractivity contribution in [2.75, 3.05) is 13.2 Å². The van der Waals surface area contributed by atoms with Crippen LogP contribution in [0.25, 0.3) is 11.0 Å². The van der Waals surface area contributed by atoms with Gasteiger partial charge in [-0.05, 0) is 55.8 Å². The van der Waals surface area contributed by atoms with Crippen molar-refractivity contribution in [3.05, 3.63) is 53.9 Å². The van der Waals surface area contributed by atoms with Gasteiger partial charge >= 0.3 is 0 Å². The van der Waals surface area contributed by atoms with Gasteiger partial charge in [-0.3, -0.25) is 0 Å². The van der Waals surface area contributed by atoms with Crippen LogP contribution in [-0.2, 0) is 9.47 Å². The summed E-state index contributed by atoms with van der Waals surface area (Å²) in [5.74, 6) is 1.98. The van der Waals surface area contributed by atoms with Crippen LogP contribution in [0.4, 0.5) is 0 Å². The number of fused-ring (bicyclic) bond motifs is 1. The fraction of sp³-hybridized carbons (Fsp3) is 0.286. The molecule has 0 saturated carbocycles. The number of aromatic nitrogens is 2. The van der Waals surface area contributed by atoms with Crippen molar-refractivity contribution in [2.45, 2.75) is 26.6 Å². The Morgan fingerprint density at radius 1 is 1.07 bits per heavy atom. The van der Waals surface area contributed by atoms with Gasteiger partial charge in [0.15, 0.2) is 5.82 Å². The lowest BCUT2D eigenvalue weighted by atomic mass is 10.1. The van der Waals surface area contributed by atoms with Crippen LogP contribution in [-0.4, -0.2) is 35.1 Å². The van der Waals surface area contributed by atoms with Gasteiger partial charge in [-0.25, -0.2) is 4.98 Å². The number of nitrogens with zero attached hydrogens (tertiary/aromatic N) is 1. The first-order chi connectivity index (χ1) is 13.6. The summed E-state index contributed by atoms with van der Waals surface area (Å²) in [7, 11) is 0. The standard InChI is InChI=1S/C21H24N4O3/c1-3-26-21(27-4-2)20-24-18-10-9-16(13-19(18)25-20)28-15-7-5-14(6-8-15)17(23)11-12-22/h5-10,12-13,21-23H,3-4,11H2,1-2H3,(H,24,25). The number of ether oxygens (including phenoxy) is 3. The SMILES string of the molecule is CCOC(OCC)c1nc2ccc(Oc3ccc(C(=N)CC=N)cc3)cc2[nH]1. The van der Waals surface area contributed by atoms with Gasteiger partial charge in [0.25, 0.3) is 0 Å². The maximum Gasteiger partial charge on any atom is 0.217 e. The van der Waals surface area contributed by atoms with Gasteiger partial charge in [-0.15, -0.1) is 0 Å². The topological polar surface area (TPSA) is 104 Å². The molecule has 3 aromatic rings. The number of aromatic amines is 1. The van der Waals surface area contributed by atoms with E-state index in [0.717, 1.165) is 16.6 Å². The van der Waals surface area contributed by atoms with E-state index in [1.54, 1.807) is 0 Å². The largest absolute Gasteiger partial charge is 0.457 e. The molecule has 2 aromatic carbocycles. The molecule has 7 heteroatoms. The van der Waals surface area contributed by atoms with Gasteiger partial charge in [-0.1, -0.05) is 0 Å². The minimum absolute atomic E-state index is 0.323. The van der Waals surface area contributed by atoms with Crippen LogP contribution < -0.4 is 4.74 Å². The smallest absolute Gasteiger partial charge is 0.217 e. The zero-order chi connectivity index (χ0) is 19.9. The first kappa shape index (κ1) is 19.7. The van der Waals surface area contributed by atoms with Gasteiger partial charge in [0.1, 0.15) is 11.5 Å². The first-order valence-corrected chi connectivity index (χ1v) is 9.22. The van der Waals surface area contributed by atoms with Crippen molar-refractivity contribution in [1.29, 1.82) is 10.8 Å². The molecule has 0 aliphatic rings. The summed E-state index contributed by atoms with van der Waals surface area (Å²) in [6.07, 6.45) is 1.03. The minimum Gasteiger partial charge on any atom is -0.457 e. The Balaban J connectivity index is 1.77. The van der Waals surface area contributed by atoms with Crippen LogP contribution >= 0.6 is 0 Å². The highest BCUT2D eigenvalue weighted by molar-refractivity contribution is 6.04. The van der Waals surface area contributed by atoms with Gasteiger partial charge in [0.05, 0.1) is 11.0 Å². The number of hydrogen-bond donors (Lipinski definition) is 3. The molecule has 1 aromatic heterocycles. The number of H-pyrrole nitrogens is 1. The third kappa shape index (κ3) is 4.62. The summed E-state index contributed by atoms with van der Waals surface area (Å²) in [4.78, 5) is 7.78. The summed E-state index contributed by atoms with van der Waals surface area (Å²) in [5.41, 5.74) is 2.83. The van der Waals surface area contributed by atoms with Crippen molar-refractivity contribution in [2.24, 2.45) is 0 Å². The van der Waals surface area contributed by atoms with E-state index in [9.17, 15) is 0 Å². The predicted octanol–water partition coefficient (Wildman–Crippen LogP) is 4.83. The third-order valence-electron chi connectivity index (χ3n) is 4.08. The molecule has 0 aliphatic carbocycles. The van der Waals surface area contributed by atoms with E-state index in [2.05, 4.69) is 9.97 Å². The van der Waals surface area contributed by atoms with E-state index in [-0.39, 0.29) is 0 Å². The fourth-order valence-corrected chi connectivity index (χ4v) is 2.77. The van der Waals surface area contributed by atoms with Gasteiger partial charge in [0.2, 0.25) is 6.29 Å². The summed E-state index contributed by atoms with van der Waals surface area (Å²) < 4.78 is 17.1. The monoisotopic (exact) mass is 380 g/mol. The zero-order valence-corrected chi connectivity index (χ0v) is 16.0. The molecule has 0 fully saturated rings. The molecule has 0 spiro atoms. The highest BCUT2D eigenvalue weighted by atomic mass is 16.7. The molecule has 0 amide bonds. The van der Waals surface area contributed by atoms with E-state index in [0.29, 0.717) is 42.7 Å². The number of rotatable bonds is 10. The van der Waals surface area contributed by atoms with Crippen molar-refractivity contribution in [3.8, 4) is 11.5 Å². The molecule has 3 rings (SSSR count). The van der Waals surface area contributed by atoms with Gasteiger partial charge < -0.3 is 30.0 Å². The Bertz CT molecular complexity index is 944. The lowest BCUT2D eigenvalue weighted by molar-refractivity contribution is -0.144. The van der Waals surface area contributed by atoms with Crippen molar-refractivity contribution in [3.63, 3.8) is 0 Å². The van der Waals surface area contributed by atoms with Gasteiger partial charge in [-0.2, -0.15) is 0 Å². The Morgan fingerprint density at radius 3 is 2.39 bits per heavy atom. The van der Waals surface area contributed by atoms with E-state index >= 15 is 0 Å². The molecular weight excluding hydrogens is 356 g/mol. The van der Waals surface area contributed by atoms with Gasteiger partial charge in [0, 0.05) is 37.6 Å². The summed E-state index contributed by atoms with van der Waals surface area (Å²) in [6.45, 7) is 4.89. The number of nitrogens with one attached hydrogen (secondary N) is 3. The second-order valence-corrected chi connectivity index (χ2v) is 6.06. The quantitative estimate of drug-likeness (QED) is 0.346. The lowest BCUT2D eigenvalue weighted by Crippen LogP contribution is -2.10. The average molecular weight is 380 g/mol. The maximum absolute atomic E-state index is 7.88. The Kier molecular flexibility index (Phi) is 6.52. The molecule has 0 unspecified atom stereocenters. The minimum atomic E-state index is -0.518. The van der Waals surface area contributed by atoms with E-state index < -0.39 is 6.29 Å². The summed E-state index contributed by atoms with van der Waals surface area (Å²) in [6, 6.07) is 12.9. The van der Waals surface area contributed by atoms with E-state index in [4.69, 9.17) is 25.0 Å². The molecule has 0 radical (unpaired) electrons. The van der Waals surface area contributed by atoms with Crippen LogP contribution in [0.2, 0.25) is 0 Å². The van der Waals surface area contributed by atoms with Crippen LogP contribution in [0, 0.1) is 10.8 Å². The second kappa shape index (κ2) is 9.25. The van der Waals surface area contributed by atoms with Crippen LogP contribution in [0.5, 0.6) is 11.5 Å². The Labute approximate surface area is 163 Å². The number of benzene rings is 2. The highest BCUT2D eigenvalue weighted by Gasteiger charge is 2.16. The first-order valence-electron chi connectivity index (χ1n) is 9.22. The molecule has 0 atom stereocenters. The van der Waals surface area contributed by atoms with Crippen molar-refractivity contribution >= 4 is 23.0 Å². The zero-order valence-electron chi connectivity index (χ0n) is 16.0. The number of imidazole rings is 1. The molecule has 0 saturated heterocycles. The van der Waals surface area contributed by atoms with Crippen molar-refractivity contribution in [1.82, 2.24) is 9.97 Å². The molecule has 28 heavy (non-hydrogen) atoms. The Morgan fingerprint density at radius 2 is 1.75 bits per heavy atom. The van der Waals surface area contributed by atoms with Crippen LogP contribution in [0.3, 0.4) is 0 Å². The lowest BCUT2D eigenvalue weighted by Gasteiger charge is -2.13. The van der Waals surface area contributed by atoms with Crippen molar-refractivity contribution < 1.29 is 14.2 Å². The molecule has 3 N–H and O–H groups in total. The van der Waals surface area contributed by atoms with E-state index in [1.165, 1.54) is 6.21 Å². The average Bonchev–Trinajstić information content (AvgIpc) is 3.12. The molecule has 1 heterocycles. The van der Waals surface area contributed by atoms with Crippen LogP contribution in [0.15, 0.2) is 42.5 Å². The molecule has 7 nitrogen and oxygen atoms in total. The molecule has 0 aliphatic heterocycles. The number of hydrogen-bond acceptors (Lipinski definition) is 6. The maximum atomic E-state index is 7.88.